The number of carbonyl (C=O) groups is 2. The highest BCUT2D eigenvalue weighted by molar-refractivity contribution is 7.48. The smallest absolute Gasteiger partial charge is 0.443 e. The predicted octanol–water partition coefficient (Wildman–Crippen LogP) is 15.9. The fraction of sp³-hybridized carbons (Fsp3) is 0.528. The summed E-state index contributed by atoms with van der Waals surface area (Å²) >= 11 is 0. The van der Waals surface area contributed by atoms with Gasteiger partial charge in [-0.15, -0.1) is 0 Å². The Kier molecular flexibility index (Phi) is 24.6. The summed E-state index contributed by atoms with van der Waals surface area (Å²) in [6, 6.07) is 5.13. The molecule has 31 nitrogen and oxygen atoms in total. The molecule has 6 unspecified atom stereocenters. The molecule has 6 atom stereocenters. The summed E-state index contributed by atoms with van der Waals surface area (Å²) in [7, 11) is -4.23. The molecule has 9 heterocycles. The molecule has 0 radical (unpaired) electrons. The van der Waals surface area contributed by atoms with Crippen LogP contribution in [-0.2, 0) is 45.7 Å². The van der Waals surface area contributed by atoms with Gasteiger partial charge < -0.3 is 43.9 Å². The van der Waals surface area contributed by atoms with Crippen molar-refractivity contribution in [3.63, 3.8) is 0 Å². The molecule has 3 N–H and O–H groups in total. The summed E-state index contributed by atoms with van der Waals surface area (Å²) in [5.41, 5.74) is 0.531. The van der Waals surface area contributed by atoms with E-state index in [0.29, 0.717) is 110 Å². The number of carbonyl (C=O) groups excluding carboxylic acids is 2. The monoisotopic (exact) mass is 1520 g/mol. The first-order chi connectivity index (χ1) is 49.8. The molecule has 9 aromatic rings. The van der Waals surface area contributed by atoms with Crippen molar-refractivity contribution in [1.29, 1.82) is 0 Å². The van der Waals surface area contributed by atoms with Gasteiger partial charge in [-0.2, -0.15) is 19.9 Å². The minimum absolute atomic E-state index is 0. The summed E-state index contributed by atoms with van der Waals surface area (Å²) in [5, 5.41) is 5.10. The molecule has 7 aromatic heterocycles. The summed E-state index contributed by atoms with van der Waals surface area (Å²) in [5.74, 6) is 3.41. The number of nitrogens with one attached hydrogen (secondary N) is 3. The average molecular weight is 1530 g/mol. The summed E-state index contributed by atoms with van der Waals surface area (Å²) in [4.78, 5) is 80.2. The molecule has 4 aliphatic rings. The number of phosphoric acid groups is 2. The van der Waals surface area contributed by atoms with Gasteiger partial charge in [0.1, 0.15) is 57.4 Å². The van der Waals surface area contributed by atoms with Crippen LogP contribution in [0.15, 0.2) is 61.4 Å². The zero-order valence-corrected chi connectivity index (χ0v) is 64.7. The van der Waals surface area contributed by atoms with Crippen molar-refractivity contribution in [2.45, 2.75) is 186 Å². The van der Waals surface area contributed by atoms with E-state index in [4.69, 9.17) is 55.8 Å². The molecule has 107 heavy (non-hydrogen) atoms. The maximum absolute atomic E-state index is 15.3. The third-order valence-corrected chi connectivity index (χ3v) is 20.8. The zero-order chi connectivity index (χ0) is 76.6. The Bertz CT molecular complexity index is 4730. The molecular formula is C72H96F2N16O15P2. The minimum Gasteiger partial charge on any atom is -0.443 e. The van der Waals surface area contributed by atoms with E-state index < -0.39 is 50.7 Å². The normalized spacial score (nSPS) is 18.5. The molecular weight excluding hydrogens is 1430 g/mol. The topological polar surface area (TPSA) is 352 Å². The van der Waals surface area contributed by atoms with E-state index in [9.17, 15) is 23.1 Å². The summed E-state index contributed by atoms with van der Waals surface area (Å²) in [6.07, 6.45) is 7.90. The Morgan fingerprint density at radius 2 is 0.925 bits per heavy atom. The van der Waals surface area contributed by atoms with E-state index in [1.807, 2.05) is 27.7 Å². The van der Waals surface area contributed by atoms with Crippen molar-refractivity contribution in [2.24, 2.45) is 23.7 Å². The second-order valence-corrected chi connectivity index (χ2v) is 32.6. The van der Waals surface area contributed by atoms with Crippen molar-refractivity contribution in [1.82, 2.24) is 65.1 Å². The number of benzene rings is 2. The van der Waals surface area contributed by atoms with Crippen LogP contribution in [0.1, 0.15) is 135 Å². The highest BCUT2D eigenvalue weighted by Crippen LogP contribution is 2.59. The van der Waals surface area contributed by atoms with Gasteiger partial charge in [0.15, 0.2) is 17.2 Å². The van der Waals surface area contributed by atoms with E-state index in [2.05, 4.69) is 65.0 Å². The number of hydrogen-bond acceptors (Lipinski definition) is 27. The number of fused-ring (bicyclic) bond motifs is 8. The number of H-pyrrole nitrogens is 2. The number of halogens is 2. The van der Waals surface area contributed by atoms with Gasteiger partial charge in [0.05, 0.1) is 107 Å². The average Bonchev–Trinajstić information content (AvgIpc) is 1.57. The predicted molar refractivity (Wildman–Crippen MR) is 397 cm³/mol. The molecule has 2 saturated carbocycles. The largest absolute Gasteiger partial charge is 0.475 e. The summed E-state index contributed by atoms with van der Waals surface area (Å²) < 4.78 is 119. The molecule has 578 valence electrons. The van der Waals surface area contributed by atoms with Crippen molar-refractivity contribution in [3.05, 3.63) is 90.6 Å². The number of anilines is 3. The van der Waals surface area contributed by atoms with Gasteiger partial charge >= 0.3 is 39.9 Å². The number of amides is 2. The van der Waals surface area contributed by atoms with E-state index in [1.54, 1.807) is 90.0 Å². The van der Waals surface area contributed by atoms with Crippen LogP contribution in [0.25, 0.3) is 43.9 Å². The first kappa shape index (κ1) is 80.8. The fourth-order valence-electron chi connectivity index (χ4n) is 12.5. The Labute approximate surface area is 619 Å². The lowest BCUT2D eigenvalue weighted by molar-refractivity contribution is -0.0306. The van der Waals surface area contributed by atoms with Crippen LogP contribution >= 0.6 is 15.6 Å². The van der Waals surface area contributed by atoms with Gasteiger partial charge in [0.2, 0.25) is 5.88 Å². The maximum atomic E-state index is 15.3. The third-order valence-electron chi connectivity index (χ3n) is 17.0. The molecule has 0 spiro atoms. The van der Waals surface area contributed by atoms with Crippen LogP contribution in [0, 0.1) is 56.1 Å². The second-order valence-electron chi connectivity index (χ2n) is 29.5. The van der Waals surface area contributed by atoms with Gasteiger partial charge in [-0.25, -0.2) is 57.4 Å². The number of nitrogens with zero attached hydrogens (tertiary/aromatic N) is 13. The standard InChI is InChI=1S/C33H43FN7O7P.C26H25FN8O4.C12H24NO4P.CH4/c1-17(2)46-49(43,47-18(3)4)48-26-10-20-15-41(16-24(20)26)30-27-23-11-21(34)12-25(40(9)32(42)45-33(6,7)8)28(23)37-29(27)38-31(39-30)44-22-13-35-19(5)36-14-22;1-13-28-9-16(10-29-13)37-23-20-18-7-15(27)8-19(35(6)25(36)39-26(3,4)5)21(18)32-22(20)33-24(34-23)38-17-11-30-14(2)31-12-17;1-8(2)15-18(14,16-9(3)4)17-12-5-10-6-13-7-11(10)12;/h11-14,17-18,20,24,26H,10,15-16H2,1-9H3,(H,37,38,39);7-12H,1-6H3,(H,32,33,34);8-13H,5-7H2,1-4H3;1H4. The van der Waals surface area contributed by atoms with Crippen LogP contribution in [-0.4, -0.2) is 160 Å². The first-order valence-corrected chi connectivity index (χ1v) is 37.9. The zero-order valence-electron chi connectivity index (χ0n) is 62.9. The molecule has 0 bridgehead atoms. The van der Waals surface area contributed by atoms with Crippen molar-refractivity contribution in [3.8, 4) is 35.1 Å². The molecule has 2 aromatic carbocycles. The highest BCUT2D eigenvalue weighted by atomic mass is 31.2. The number of hydrogen-bond donors (Lipinski definition) is 3. The molecule has 4 fully saturated rings. The van der Waals surface area contributed by atoms with Gasteiger partial charge in [0, 0.05) is 56.3 Å². The lowest BCUT2D eigenvalue weighted by Gasteiger charge is -2.40. The van der Waals surface area contributed by atoms with Crippen LogP contribution in [0.4, 0.5) is 35.6 Å². The van der Waals surface area contributed by atoms with Crippen molar-refractivity contribution in [2.75, 3.05) is 55.0 Å². The van der Waals surface area contributed by atoms with Crippen LogP contribution in [0.3, 0.4) is 0 Å². The Hall–Kier alpha value is -8.78. The number of aromatic nitrogens is 12. The quantitative estimate of drug-likeness (QED) is 0.0562. The van der Waals surface area contributed by atoms with Gasteiger partial charge in [-0.1, -0.05) is 7.43 Å². The number of aryl methyl sites for hydroxylation is 3. The first-order valence-electron chi connectivity index (χ1n) is 35.0. The summed E-state index contributed by atoms with van der Waals surface area (Å²) in [6.45, 7) is 33.3. The van der Waals surface area contributed by atoms with E-state index >= 15 is 4.39 Å². The van der Waals surface area contributed by atoms with Crippen LogP contribution < -0.4 is 34.2 Å². The van der Waals surface area contributed by atoms with Gasteiger partial charge in [0.25, 0.3) is 0 Å². The second kappa shape index (κ2) is 32.6. The lowest BCUT2D eigenvalue weighted by atomic mass is 9.74. The third kappa shape index (κ3) is 19.8. The Balaban J connectivity index is 0.000000187. The van der Waals surface area contributed by atoms with Crippen molar-refractivity contribution < 1.29 is 78.3 Å². The molecule has 2 saturated heterocycles. The van der Waals surface area contributed by atoms with Crippen LogP contribution in [0.5, 0.6) is 35.1 Å². The van der Waals surface area contributed by atoms with Gasteiger partial charge in [-0.05, 0) is 173 Å². The molecule has 2 amide bonds. The lowest BCUT2D eigenvalue weighted by Crippen LogP contribution is -2.42. The molecule has 2 aliphatic heterocycles. The number of phosphoric ester groups is 2. The maximum Gasteiger partial charge on any atom is 0.475 e. The fourth-order valence-corrected chi connectivity index (χ4v) is 16.0. The molecule has 2 aliphatic carbocycles. The van der Waals surface area contributed by atoms with E-state index in [0.717, 1.165) is 19.5 Å². The Morgan fingerprint density at radius 3 is 1.35 bits per heavy atom. The molecule has 13 rings (SSSR count). The van der Waals surface area contributed by atoms with Gasteiger partial charge in [-0.3, -0.25) is 36.9 Å². The highest BCUT2D eigenvalue weighted by Gasteiger charge is 2.53. The minimum atomic E-state index is -3.81. The van der Waals surface area contributed by atoms with Crippen LogP contribution in [0.2, 0.25) is 0 Å². The Morgan fingerprint density at radius 1 is 0.533 bits per heavy atom. The number of rotatable bonds is 21. The van der Waals surface area contributed by atoms with Crippen molar-refractivity contribution >= 4 is 88.9 Å². The van der Waals surface area contributed by atoms with E-state index in [-0.39, 0.29) is 90.8 Å². The van der Waals surface area contributed by atoms with E-state index in [1.165, 1.54) is 85.3 Å². The number of ether oxygens (including phenoxy) is 5. The SMILES string of the molecule is C.CC(C)OP(=O)(OC(C)C)OC1CC2CNCC21.Cc1ncc(Oc2nc(N3CC4CC(OP(=O)(OC(C)C)OC(C)C)C4C3)c3c(n2)[nH]c2c(N(C)C(=O)OC(C)(C)C)cc(F)cc23)cn1.Cc1ncc(Oc2nc(Oc3cnc(C)nc3)c3c(n2)[nH]c2c(N(C)C(=O)OC(C)(C)C)cc(F)cc23)cn1. The number of aromatic amines is 2. The molecule has 35 heteroatoms.